The number of benzene rings is 1. The predicted octanol–water partition coefficient (Wildman–Crippen LogP) is 5.25. The summed E-state index contributed by atoms with van der Waals surface area (Å²) in [4.78, 5) is 42.9. The summed E-state index contributed by atoms with van der Waals surface area (Å²) in [6.45, 7) is 4.72. The van der Waals surface area contributed by atoms with E-state index < -0.39 is 18.6 Å². The van der Waals surface area contributed by atoms with Gasteiger partial charge in [0.2, 0.25) is 5.91 Å². The number of hydrogen-bond acceptors (Lipinski definition) is 7. The molecule has 2 aromatic rings. The van der Waals surface area contributed by atoms with Crippen molar-refractivity contribution in [2.75, 3.05) is 49.6 Å². The van der Waals surface area contributed by atoms with Gasteiger partial charge in [0.05, 0.1) is 21.5 Å². The Kier molecular flexibility index (Phi) is 10.8. The van der Waals surface area contributed by atoms with Crippen molar-refractivity contribution in [2.45, 2.75) is 52.7 Å². The van der Waals surface area contributed by atoms with E-state index in [1.165, 1.54) is 23.1 Å². The summed E-state index contributed by atoms with van der Waals surface area (Å²) in [5.41, 5.74) is 0.248. The van der Waals surface area contributed by atoms with E-state index in [0.29, 0.717) is 28.2 Å². The van der Waals surface area contributed by atoms with Crippen molar-refractivity contribution in [3.63, 3.8) is 0 Å². The maximum Gasteiger partial charge on any atom is 0.387 e. The molecular weight excluding hydrogens is 590 g/mol. The molecule has 0 radical (unpaired) electrons. The second-order valence-corrected chi connectivity index (χ2v) is 13.5. The van der Waals surface area contributed by atoms with Crippen molar-refractivity contribution < 1.29 is 32.6 Å². The lowest BCUT2D eigenvalue weighted by Crippen LogP contribution is -2.54. The maximum atomic E-state index is 13.9. The molecule has 1 atom stereocenters. The number of amides is 3. The molecule has 1 aromatic heterocycles. The van der Waals surface area contributed by atoms with Gasteiger partial charge in [0.1, 0.15) is 12.6 Å². The zero-order chi connectivity index (χ0) is 30.4. The molecule has 0 unspecified atom stereocenters. The van der Waals surface area contributed by atoms with Crippen LogP contribution in [-0.4, -0.2) is 74.7 Å². The number of hydrogen-bond donors (Lipinski definition) is 2. The van der Waals surface area contributed by atoms with Crippen molar-refractivity contribution in [3.8, 4) is 5.75 Å². The molecule has 2 N–H and O–H groups in total. The summed E-state index contributed by atoms with van der Waals surface area (Å²) in [6, 6.07) is 6.81. The van der Waals surface area contributed by atoms with Crippen LogP contribution in [0.2, 0.25) is 4.34 Å². The van der Waals surface area contributed by atoms with Crippen molar-refractivity contribution in [2.24, 2.45) is 11.3 Å². The van der Waals surface area contributed by atoms with Crippen LogP contribution in [0.1, 0.15) is 49.7 Å². The third-order valence-corrected chi connectivity index (χ3v) is 8.34. The lowest BCUT2D eigenvalue weighted by molar-refractivity contribution is -0.126. The molecule has 0 bridgehead atoms. The van der Waals surface area contributed by atoms with Crippen LogP contribution in [0.5, 0.6) is 5.75 Å². The Hall–Kier alpha value is -2.80. The molecule has 9 nitrogen and oxygen atoms in total. The number of anilines is 2. The molecule has 2 aliphatic rings. The minimum Gasteiger partial charge on any atom is -0.433 e. The van der Waals surface area contributed by atoms with Gasteiger partial charge >= 0.3 is 6.61 Å². The van der Waals surface area contributed by atoms with Gasteiger partial charge in [-0.25, -0.2) is 0 Å². The monoisotopic (exact) mass is 626 g/mol. The van der Waals surface area contributed by atoms with Gasteiger partial charge in [0, 0.05) is 37.9 Å². The first-order valence-electron chi connectivity index (χ1n) is 13.9. The van der Waals surface area contributed by atoms with Crippen molar-refractivity contribution >= 4 is 52.0 Å². The van der Waals surface area contributed by atoms with Gasteiger partial charge in [0.15, 0.2) is 5.75 Å². The zero-order valence-electron chi connectivity index (χ0n) is 24.0. The first kappa shape index (κ1) is 32.1. The molecule has 1 aromatic carbocycles. The fourth-order valence-corrected chi connectivity index (χ4v) is 5.98. The highest BCUT2D eigenvalue weighted by Gasteiger charge is 2.33. The second kappa shape index (κ2) is 14.1. The minimum atomic E-state index is -3.13. The van der Waals surface area contributed by atoms with E-state index in [4.69, 9.17) is 21.1 Å². The van der Waals surface area contributed by atoms with Crippen molar-refractivity contribution in [1.29, 1.82) is 0 Å². The van der Waals surface area contributed by atoms with Crippen LogP contribution in [0.4, 0.5) is 20.2 Å². The normalized spacial score (nSPS) is 16.9. The lowest BCUT2D eigenvalue weighted by atomic mass is 9.84. The Morgan fingerprint density at radius 1 is 1.24 bits per heavy atom. The number of alkyl halides is 2. The van der Waals surface area contributed by atoms with Gasteiger partial charge in [-0.1, -0.05) is 38.8 Å². The maximum absolute atomic E-state index is 13.9. The number of carbonyl (C=O) groups is 3. The van der Waals surface area contributed by atoms with Gasteiger partial charge in [-0.2, -0.15) is 8.78 Å². The number of thiophene rings is 1. The smallest absolute Gasteiger partial charge is 0.387 e. The number of carbonyl (C=O) groups excluding carboxylic acids is 3. The van der Waals surface area contributed by atoms with E-state index in [1.807, 2.05) is 0 Å². The van der Waals surface area contributed by atoms with Crippen LogP contribution in [0.15, 0.2) is 30.3 Å². The van der Waals surface area contributed by atoms with Crippen LogP contribution in [0, 0.1) is 11.3 Å². The Morgan fingerprint density at radius 2 is 2.00 bits per heavy atom. The largest absolute Gasteiger partial charge is 0.433 e. The number of morpholine rings is 1. The Labute approximate surface area is 253 Å². The summed E-state index contributed by atoms with van der Waals surface area (Å²) in [5.74, 6) is -0.907. The molecule has 1 aliphatic carbocycles. The predicted molar refractivity (Wildman–Crippen MR) is 159 cm³/mol. The molecular formula is C29H37ClF2N4O5S. The van der Waals surface area contributed by atoms with Crippen LogP contribution < -0.4 is 20.3 Å². The molecule has 4 rings (SSSR count). The molecule has 0 spiro atoms. The average Bonchev–Trinajstić information content (AvgIpc) is 3.32. The van der Waals surface area contributed by atoms with Gasteiger partial charge < -0.3 is 25.0 Å². The molecule has 2 fully saturated rings. The lowest BCUT2D eigenvalue weighted by Gasteiger charge is -2.40. The Bertz CT molecular complexity index is 1270. The summed E-state index contributed by atoms with van der Waals surface area (Å²) in [5, 5.41) is 5.72. The van der Waals surface area contributed by atoms with Crippen LogP contribution in [0.25, 0.3) is 0 Å². The third kappa shape index (κ3) is 8.85. The highest BCUT2D eigenvalue weighted by Crippen LogP contribution is 2.34. The molecule has 2 heterocycles. The highest BCUT2D eigenvalue weighted by molar-refractivity contribution is 7.18. The minimum absolute atomic E-state index is 0.0315. The quantitative estimate of drug-likeness (QED) is 0.334. The Morgan fingerprint density at radius 3 is 2.60 bits per heavy atom. The van der Waals surface area contributed by atoms with E-state index in [2.05, 4.69) is 36.3 Å². The van der Waals surface area contributed by atoms with Gasteiger partial charge in [-0.05, 0) is 48.4 Å². The van der Waals surface area contributed by atoms with Crippen LogP contribution >= 0.6 is 22.9 Å². The molecule has 1 aliphatic heterocycles. The molecule has 3 amide bonds. The van der Waals surface area contributed by atoms with Gasteiger partial charge in [0.25, 0.3) is 11.8 Å². The van der Waals surface area contributed by atoms with Crippen LogP contribution in [-0.2, 0) is 14.3 Å². The first-order chi connectivity index (χ1) is 19.9. The third-order valence-electron chi connectivity index (χ3n) is 7.11. The number of nitrogens with one attached hydrogen (secondary N) is 2. The SMILES string of the molecule is CC(C)(C)CN(CC1CCC1)[C@H](CNC(=O)c1ccc(Cl)s1)C(=O)Nc1ccc(N2CCOCC2=O)c(OC(F)F)c1. The number of rotatable bonds is 12. The summed E-state index contributed by atoms with van der Waals surface area (Å²) >= 11 is 7.15. The second-order valence-electron chi connectivity index (χ2n) is 11.8. The summed E-state index contributed by atoms with van der Waals surface area (Å²) in [6.07, 6.45) is 3.29. The summed E-state index contributed by atoms with van der Waals surface area (Å²) < 4.78 is 37.1. The molecule has 42 heavy (non-hydrogen) atoms. The van der Waals surface area contributed by atoms with Crippen molar-refractivity contribution in [1.82, 2.24) is 10.2 Å². The molecule has 1 saturated heterocycles. The number of halogens is 3. The first-order valence-corrected chi connectivity index (χ1v) is 15.1. The van der Waals surface area contributed by atoms with E-state index in [1.54, 1.807) is 12.1 Å². The van der Waals surface area contributed by atoms with Crippen LogP contribution in [0.3, 0.4) is 0 Å². The average molecular weight is 627 g/mol. The fraction of sp³-hybridized carbons (Fsp3) is 0.552. The number of ether oxygens (including phenoxy) is 2. The zero-order valence-corrected chi connectivity index (χ0v) is 25.5. The number of nitrogens with zero attached hydrogens (tertiary/aromatic N) is 2. The van der Waals surface area contributed by atoms with E-state index in [0.717, 1.165) is 30.6 Å². The standard InChI is InChI=1S/C29H37ClF2N4O5S/c1-29(2,3)17-35(15-18-5-4-6-18)21(14-33-27(39)23-9-10-24(30)42-23)26(38)34-19-7-8-20(22(13-19)41-28(31)32)36-11-12-40-16-25(36)37/h7-10,13,18,21,28H,4-6,11-12,14-17H2,1-3H3,(H,33,39)(H,34,38)/t21-/m1/s1. The van der Waals surface area contributed by atoms with Gasteiger partial charge in [-0.3, -0.25) is 19.3 Å². The molecule has 230 valence electrons. The topological polar surface area (TPSA) is 100 Å². The summed E-state index contributed by atoms with van der Waals surface area (Å²) in [7, 11) is 0. The fourth-order valence-electron chi connectivity index (χ4n) is 5.02. The van der Waals surface area contributed by atoms with Crippen molar-refractivity contribution in [3.05, 3.63) is 39.5 Å². The Balaban J connectivity index is 1.58. The molecule has 13 heteroatoms. The molecule has 1 saturated carbocycles. The van der Waals surface area contributed by atoms with E-state index in [-0.39, 0.29) is 60.7 Å². The van der Waals surface area contributed by atoms with E-state index in [9.17, 15) is 23.2 Å². The highest BCUT2D eigenvalue weighted by atomic mass is 35.5. The van der Waals surface area contributed by atoms with Gasteiger partial charge in [-0.15, -0.1) is 11.3 Å². The van der Waals surface area contributed by atoms with E-state index >= 15 is 0 Å².